The first kappa shape index (κ1) is 18.1. The molecule has 2 aromatic carbocycles. The fourth-order valence-corrected chi connectivity index (χ4v) is 3.07. The summed E-state index contributed by atoms with van der Waals surface area (Å²) in [5, 5.41) is 26.4. The van der Waals surface area contributed by atoms with Crippen molar-refractivity contribution in [3.05, 3.63) is 79.2 Å². The Morgan fingerprint density at radius 2 is 1.89 bits per heavy atom. The quantitative estimate of drug-likeness (QED) is 0.519. The molecule has 0 radical (unpaired) electrons. The van der Waals surface area contributed by atoms with Crippen LogP contribution in [0.5, 0.6) is 0 Å². The van der Waals surface area contributed by atoms with Crippen molar-refractivity contribution in [3.8, 4) is 11.3 Å². The molecular weight excluding hydrogens is 372 g/mol. The van der Waals surface area contributed by atoms with Crippen LogP contribution in [0.4, 0.5) is 16.5 Å². The second kappa shape index (κ2) is 7.30. The summed E-state index contributed by atoms with van der Waals surface area (Å²) >= 11 is 1.15. The number of hydrogen-bond donors (Lipinski definition) is 1. The number of aromatic nitrogens is 1. The molecule has 3 rings (SSSR count). The number of thiazole rings is 1. The maximum absolute atomic E-state index is 12.3. The molecule has 0 aliphatic carbocycles. The molecule has 0 bridgehead atoms. The van der Waals surface area contributed by atoms with Gasteiger partial charge in [0.25, 0.3) is 17.3 Å². The number of nitro groups is 2. The van der Waals surface area contributed by atoms with E-state index in [9.17, 15) is 25.0 Å². The average molecular weight is 384 g/mol. The monoisotopic (exact) mass is 384 g/mol. The summed E-state index contributed by atoms with van der Waals surface area (Å²) in [4.78, 5) is 37.4. The normalized spacial score (nSPS) is 10.4. The first-order chi connectivity index (χ1) is 12.8. The lowest BCUT2D eigenvalue weighted by molar-refractivity contribution is -0.385. The number of hydrogen-bond acceptors (Lipinski definition) is 7. The van der Waals surface area contributed by atoms with Gasteiger partial charge in [0.05, 0.1) is 15.5 Å². The third-order valence-corrected chi connectivity index (χ3v) is 4.50. The number of non-ortho nitro benzene ring substituents is 1. The summed E-state index contributed by atoms with van der Waals surface area (Å²) in [5.74, 6) is -0.530. The smallest absolute Gasteiger partial charge is 0.273 e. The van der Waals surface area contributed by atoms with Crippen LogP contribution in [0.15, 0.2) is 47.8 Å². The Morgan fingerprint density at radius 3 is 2.59 bits per heavy atom. The van der Waals surface area contributed by atoms with Gasteiger partial charge in [-0.25, -0.2) is 4.98 Å². The van der Waals surface area contributed by atoms with Crippen molar-refractivity contribution >= 4 is 33.8 Å². The molecular formula is C17H12N4O5S. The highest BCUT2D eigenvalue weighted by atomic mass is 32.1. The lowest BCUT2D eigenvalue weighted by Gasteiger charge is -2.03. The average Bonchev–Trinajstić information content (AvgIpc) is 3.10. The molecule has 0 saturated heterocycles. The Kier molecular flexibility index (Phi) is 4.90. The van der Waals surface area contributed by atoms with Crippen molar-refractivity contribution < 1.29 is 14.6 Å². The van der Waals surface area contributed by atoms with E-state index in [1.165, 1.54) is 30.3 Å². The third kappa shape index (κ3) is 3.96. The number of nitrogens with one attached hydrogen (secondary N) is 1. The molecule has 9 nitrogen and oxygen atoms in total. The van der Waals surface area contributed by atoms with Gasteiger partial charge in [0.1, 0.15) is 0 Å². The highest BCUT2D eigenvalue weighted by Gasteiger charge is 2.16. The lowest BCUT2D eigenvalue weighted by Crippen LogP contribution is -2.12. The molecule has 1 aromatic heterocycles. The first-order valence-corrected chi connectivity index (χ1v) is 8.50. The zero-order valence-electron chi connectivity index (χ0n) is 13.9. The number of carbonyl (C=O) groups is 1. The van der Waals surface area contributed by atoms with Gasteiger partial charge in [-0.05, 0) is 13.0 Å². The number of benzene rings is 2. The number of aryl methyl sites for hydroxylation is 1. The fourth-order valence-electron chi connectivity index (χ4n) is 2.36. The summed E-state index contributed by atoms with van der Waals surface area (Å²) in [6, 6.07) is 10.2. The Morgan fingerprint density at radius 1 is 1.11 bits per heavy atom. The van der Waals surface area contributed by atoms with Crippen LogP contribution in [0.2, 0.25) is 0 Å². The van der Waals surface area contributed by atoms with Crippen molar-refractivity contribution in [2.24, 2.45) is 0 Å². The summed E-state index contributed by atoms with van der Waals surface area (Å²) < 4.78 is 0. The van der Waals surface area contributed by atoms with Crippen molar-refractivity contribution in [3.63, 3.8) is 0 Å². The maximum Gasteiger partial charge on any atom is 0.273 e. The highest BCUT2D eigenvalue weighted by Crippen LogP contribution is 2.28. The predicted octanol–water partition coefficient (Wildman–Crippen LogP) is 4.19. The molecule has 10 heteroatoms. The van der Waals surface area contributed by atoms with Gasteiger partial charge in [-0.2, -0.15) is 0 Å². The van der Waals surface area contributed by atoms with Crippen molar-refractivity contribution in [1.29, 1.82) is 0 Å². The van der Waals surface area contributed by atoms with E-state index in [1.807, 2.05) is 0 Å². The van der Waals surface area contributed by atoms with Gasteiger partial charge < -0.3 is 0 Å². The van der Waals surface area contributed by atoms with Gasteiger partial charge in [0.15, 0.2) is 5.13 Å². The van der Waals surface area contributed by atoms with Gasteiger partial charge in [-0.1, -0.05) is 18.2 Å². The summed E-state index contributed by atoms with van der Waals surface area (Å²) in [6.45, 7) is 1.59. The van der Waals surface area contributed by atoms with Crippen molar-refractivity contribution in [2.75, 3.05) is 5.32 Å². The second-order valence-corrected chi connectivity index (χ2v) is 6.42. The standard InChI is InChI=1S/C17H12N4O5S/c1-10-5-6-12(8-15(10)21(25)26)16(22)19-17-18-14(9-27-17)11-3-2-4-13(7-11)20(23)24/h2-9H,1H3,(H,18,19,22). The first-order valence-electron chi connectivity index (χ1n) is 7.62. The molecule has 27 heavy (non-hydrogen) atoms. The molecule has 1 N–H and O–H groups in total. The number of rotatable bonds is 5. The molecule has 1 heterocycles. The Bertz CT molecular complexity index is 1060. The van der Waals surface area contributed by atoms with Gasteiger partial charge in [0.2, 0.25) is 0 Å². The molecule has 0 spiro atoms. The van der Waals surface area contributed by atoms with Crippen LogP contribution >= 0.6 is 11.3 Å². The van der Waals surface area contributed by atoms with E-state index in [0.29, 0.717) is 16.8 Å². The van der Waals surface area contributed by atoms with Gasteiger partial charge >= 0.3 is 0 Å². The lowest BCUT2D eigenvalue weighted by atomic mass is 10.1. The van der Waals surface area contributed by atoms with Crippen LogP contribution in [-0.2, 0) is 0 Å². The number of nitro benzene ring substituents is 2. The zero-order chi connectivity index (χ0) is 19.6. The summed E-state index contributed by atoms with van der Waals surface area (Å²) in [5.41, 5.74) is 1.43. The number of amides is 1. The molecule has 0 saturated carbocycles. The van der Waals surface area contributed by atoms with Crippen LogP contribution in [0.3, 0.4) is 0 Å². The minimum absolute atomic E-state index is 0.0574. The topological polar surface area (TPSA) is 128 Å². The van der Waals surface area contributed by atoms with Crippen molar-refractivity contribution in [1.82, 2.24) is 4.98 Å². The molecule has 0 aliphatic rings. The summed E-state index contributed by atoms with van der Waals surface area (Å²) in [7, 11) is 0. The minimum atomic E-state index is -0.546. The van der Waals surface area contributed by atoms with E-state index >= 15 is 0 Å². The number of carbonyl (C=O) groups excluding carboxylic acids is 1. The Labute approximate surface area is 156 Å². The van der Waals surface area contributed by atoms with Gasteiger partial charge in [0, 0.05) is 40.3 Å². The second-order valence-electron chi connectivity index (χ2n) is 5.56. The molecule has 0 atom stereocenters. The number of anilines is 1. The molecule has 136 valence electrons. The zero-order valence-corrected chi connectivity index (χ0v) is 14.7. The van der Waals surface area contributed by atoms with Crippen LogP contribution < -0.4 is 5.32 Å². The van der Waals surface area contributed by atoms with E-state index in [-0.39, 0.29) is 22.1 Å². The van der Waals surface area contributed by atoms with E-state index in [1.54, 1.807) is 24.4 Å². The van der Waals surface area contributed by atoms with Gasteiger partial charge in [-0.15, -0.1) is 11.3 Å². The van der Waals surface area contributed by atoms with E-state index in [0.717, 1.165) is 11.3 Å². The van der Waals surface area contributed by atoms with Crippen LogP contribution in [-0.4, -0.2) is 20.7 Å². The summed E-state index contributed by atoms with van der Waals surface area (Å²) in [6.07, 6.45) is 0. The van der Waals surface area contributed by atoms with Crippen LogP contribution in [0.25, 0.3) is 11.3 Å². The number of nitrogens with zero attached hydrogens (tertiary/aromatic N) is 3. The van der Waals surface area contributed by atoms with E-state index in [2.05, 4.69) is 10.3 Å². The predicted molar refractivity (Wildman–Crippen MR) is 100.0 cm³/mol. The van der Waals surface area contributed by atoms with Gasteiger partial charge in [-0.3, -0.25) is 30.3 Å². The van der Waals surface area contributed by atoms with E-state index < -0.39 is 15.8 Å². The Balaban J connectivity index is 1.81. The third-order valence-electron chi connectivity index (χ3n) is 3.75. The largest absolute Gasteiger partial charge is 0.298 e. The van der Waals surface area contributed by atoms with Crippen LogP contribution in [0.1, 0.15) is 15.9 Å². The minimum Gasteiger partial charge on any atom is -0.298 e. The molecule has 3 aromatic rings. The van der Waals surface area contributed by atoms with Crippen LogP contribution in [0, 0.1) is 27.2 Å². The maximum atomic E-state index is 12.3. The molecule has 0 fully saturated rings. The molecule has 0 aliphatic heterocycles. The molecule has 0 unspecified atom stereocenters. The Hall–Kier alpha value is -3.66. The van der Waals surface area contributed by atoms with Crippen molar-refractivity contribution in [2.45, 2.75) is 6.92 Å². The highest BCUT2D eigenvalue weighted by molar-refractivity contribution is 7.14. The fraction of sp³-hybridized carbons (Fsp3) is 0.0588. The molecule has 1 amide bonds. The SMILES string of the molecule is Cc1ccc(C(=O)Nc2nc(-c3cccc([N+](=O)[O-])c3)cs2)cc1[N+](=O)[O-]. The van der Waals surface area contributed by atoms with E-state index in [4.69, 9.17) is 0 Å².